The molecule has 26 heavy (non-hydrogen) atoms. The van der Waals surface area contributed by atoms with Gasteiger partial charge in [0.15, 0.2) is 9.84 Å². The smallest absolute Gasteiger partial charge is 0.175 e. The molecule has 0 saturated carbocycles. The molecular weight excluding hydrogens is 350 g/mol. The first kappa shape index (κ1) is 18.9. The van der Waals surface area contributed by atoms with Gasteiger partial charge in [-0.3, -0.25) is 0 Å². The van der Waals surface area contributed by atoms with Crippen LogP contribution in [0.25, 0.3) is 0 Å². The van der Waals surface area contributed by atoms with Gasteiger partial charge in [-0.25, -0.2) is 8.42 Å². The van der Waals surface area contributed by atoms with Crippen LogP contribution in [0.1, 0.15) is 29.0 Å². The van der Waals surface area contributed by atoms with Crippen LogP contribution in [0.4, 0.5) is 0 Å². The molecule has 3 rings (SSSR count). The van der Waals surface area contributed by atoms with Crippen molar-refractivity contribution in [2.24, 2.45) is 0 Å². The van der Waals surface area contributed by atoms with E-state index in [-0.39, 0.29) is 12.5 Å². The molecular formula is C20H25NO4S. The summed E-state index contributed by atoms with van der Waals surface area (Å²) in [5, 5.41) is 8.88. The first-order chi connectivity index (χ1) is 12.4. The van der Waals surface area contributed by atoms with E-state index in [1.165, 1.54) is 17.4 Å². The van der Waals surface area contributed by atoms with E-state index in [2.05, 4.69) is 24.1 Å². The summed E-state index contributed by atoms with van der Waals surface area (Å²) < 4.78 is 29.1. The molecule has 0 saturated heterocycles. The van der Waals surface area contributed by atoms with Crippen molar-refractivity contribution < 1.29 is 18.3 Å². The van der Waals surface area contributed by atoms with Crippen LogP contribution in [-0.4, -0.2) is 51.5 Å². The number of sulfone groups is 1. The fourth-order valence-electron chi connectivity index (χ4n) is 3.40. The second kappa shape index (κ2) is 7.78. The molecule has 1 unspecified atom stereocenters. The second-order valence-electron chi connectivity index (χ2n) is 6.88. The molecule has 2 aromatic carbocycles. The second-order valence-corrected chi connectivity index (χ2v) is 8.89. The van der Waals surface area contributed by atoms with Crippen LogP contribution < -0.4 is 4.74 Å². The highest BCUT2D eigenvalue weighted by atomic mass is 32.2. The summed E-state index contributed by atoms with van der Waals surface area (Å²) in [6.45, 7) is 2.36. The van der Waals surface area contributed by atoms with Crippen LogP contribution >= 0.6 is 0 Å². The van der Waals surface area contributed by atoms with Gasteiger partial charge in [0.05, 0.1) is 11.5 Å². The highest BCUT2D eigenvalue weighted by Gasteiger charge is 2.25. The van der Waals surface area contributed by atoms with E-state index in [9.17, 15) is 8.42 Å². The van der Waals surface area contributed by atoms with Gasteiger partial charge in [0.25, 0.3) is 0 Å². The number of fused-ring (bicyclic) bond motifs is 1. The van der Waals surface area contributed by atoms with Crippen LogP contribution in [-0.2, 0) is 16.4 Å². The SMILES string of the molecule is CN1Cc2cc(OCCCO)ccc2C(c2ccc(S(C)(=O)=O)cc2)C1. The molecule has 0 bridgehead atoms. The third kappa shape index (κ3) is 4.26. The Kier molecular flexibility index (Phi) is 5.65. The van der Waals surface area contributed by atoms with Gasteiger partial charge in [-0.15, -0.1) is 0 Å². The summed E-state index contributed by atoms with van der Waals surface area (Å²) in [4.78, 5) is 2.60. The minimum atomic E-state index is -3.18. The topological polar surface area (TPSA) is 66.8 Å². The van der Waals surface area contributed by atoms with Crippen molar-refractivity contribution in [3.05, 3.63) is 59.2 Å². The highest BCUT2D eigenvalue weighted by Crippen LogP contribution is 2.35. The quantitative estimate of drug-likeness (QED) is 0.786. The van der Waals surface area contributed by atoms with Crippen molar-refractivity contribution in [3.63, 3.8) is 0 Å². The summed E-state index contributed by atoms with van der Waals surface area (Å²) in [7, 11) is -1.10. The highest BCUT2D eigenvalue weighted by molar-refractivity contribution is 7.90. The molecule has 0 spiro atoms. The predicted molar refractivity (Wildman–Crippen MR) is 101 cm³/mol. The summed E-state index contributed by atoms with van der Waals surface area (Å²) in [6, 6.07) is 13.3. The van der Waals surface area contributed by atoms with Crippen LogP contribution in [0.3, 0.4) is 0 Å². The van der Waals surface area contributed by atoms with Crippen LogP contribution in [0.5, 0.6) is 5.75 Å². The molecule has 0 radical (unpaired) electrons. The maximum Gasteiger partial charge on any atom is 0.175 e. The van der Waals surface area contributed by atoms with Crippen LogP contribution in [0.2, 0.25) is 0 Å². The Morgan fingerprint density at radius 2 is 1.92 bits per heavy atom. The normalized spacial score (nSPS) is 17.7. The molecule has 1 N–H and O–H groups in total. The molecule has 0 fully saturated rings. The molecule has 0 aliphatic carbocycles. The molecule has 1 heterocycles. The molecule has 5 nitrogen and oxygen atoms in total. The molecule has 2 aromatic rings. The van der Waals surface area contributed by atoms with E-state index in [1.807, 2.05) is 18.2 Å². The summed E-state index contributed by atoms with van der Waals surface area (Å²) in [5.41, 5.74) is 3.58. The third-order valence-electron chi connectivity index (χ3n) is 4.71. The maximum absolute atomic E-state index is 11.7. The Hall–Kier alpha value is -1.89. The van der Waals surface area contributed by atoms with Crippen molar-refractivity contribution in [1.29, 1.82) is 0 Å². The molecule has 0 aromatic heterocycles. The Labute approximate surface area is 155 Å². The van der Waals surface area contributed by atoms with Crippen molar-refractivity contribution in [3.8, 4) is 5.75 Å². The zero-order chi connectivity index (χ0) is 18.7. The number of nitrogens with zero attached hydrogens (tertiary/aromatic N) is 1. The van der Waals surface area contributed by atoms with Gasteiger partial charge >= 0.3 is 0 Å². The number of likely N-dealkylation sites (N-methyl/N-ethyl adjacent to an activating group) is 1. The van der Waals surface area contributed by atoms with E-state index in [4.69, 9.17) is 9.84 Å². The van der Waals surface area contributed by atoms with Crippen molar-refractivity contribution in [1.82, 2.24) is 4.90 Å². The maximum atomic E-state index is 11.7. The molecule has 1 aliphatic heterocycles. The third-order valence-corrected chi connectivity index (χ3v) is 5.83. The lowest BCUT2D eigenvalue weighted by Crippen LogP contribution is -2.31. The van der Waals surface area contributed by atoms with Crippen molar-refractivity contribution in [2.45, 2.75) is 23.8 Å². The standard InChI is InChI=1S/C20H25NO4S/c1-21-13-16-12-17(25-11-3-10-22)6-9-19(16)20(14-21)15-4-7-18(8-5-15)26(2,23)24/h4-9,12,20,22H,3,10-11,13-14H2,1-2H3. The Morgan fingerprint density at radius 1 is 1.19 bits per heavy atom. The van der Waals surface area contributed by atoms with E-state index in [0.29, 0.717) is 17.9 Å². The Bertz CT molecular complexity index is 862. The lowest BCUT2D eigenvalue weighted by atomic mass is 9.85. The van der Waals surface area contributed by atoms with Gasteiger partial charge in [-0.05, 0) is 48.0 Å². The van der Waals surface area contributed by atoms with Gasteiger partial charge in [-0.1, -0.05) is 18.2 Å². The minimum absolute atomic E-state index is 0.124. The largest absolute Gasteiger partial charge is 0.493 e. The molecule has 0 amide bonds. The van der Waals surface area contributed by atoms with Gasteiger partial charge in [0.2, 0.25) is 0 Å². The number of benzene rings is 2. The van der Waals surface area contributed by atoms with Gasteiger partial charge in [0.1, 0.15) is 5.75 Å². The van der Waals surface area contributed by atoms with E-state index >= 15 is 0 Å². The zero-order valence-electron chi connectivity index (χ0n) is 15.2. The zero-order valence-corrected chi connectivity index (χ0v) is 16.0. The average molecular weight is 375 g/mol. The van der Waals surface area contributed by atoms with E-state index in [0.717, 1.165) is 24.4 Å². The molecule has 1 aliphatic rings. The number of aliphatic hydroxyl groups is 1. The Morgan fingerprint density at radius 3 is 2.58 bits per heavy atom. The number of rotatable bonds is 6. The van der Waals surface area contributed by atoms with Crippen molar-refractivity contribution >= 4 is 9.84 Å². The summed E-state index contributed by atoms with van der Waals surface area (Å²) >= 11 is 0. The monoisotopic (exact) mass is 375 g/mol. The Balaban J connectivity index is 1.88. The summed E-state index contributed by atoms with van der Waals surface area (Å²) in [6.07, 6.45) is 1.84. The lowest BCUT2D eigenvalue weighted by Gasteiger charge is -2.33. The number of hydrogen-bond acceptors (Lipinski definition) is 5. The number of ether oxygens (including phenoxy) is 1. The van der Waals surface area contributed by atoms with Crippen LogP contribution in [0, 0.1) is 0 Å². The van der Waals surface area contributed by atoms with E-state index < -0.39 is 9.84 Å². The first-order valence-corrected chi connectivity index (χ1v) is 10.6. The summed E-state index contributed by atoms with van der Waals surface area (Å²) in [5.74, 6) is 1.02. The minimum Gasteiger partial charge on any atom is -0.493 e. The van der Waals surface area contributed by atoms with Gasteiger partial charge in [-0.2, -0.15) is 0 Å². The van der Waals surface area contributed by atoms with Crippen LogP contribution in [0.15, 0.2) is 47.4 Å². The average Bonchev–Trinajstić information content (AvgIpc) is 2.60. The first-order valence-electron chi connectivity index (χ1n) is 8.73. The fourth-order valence-corrected chi connectivity index (χ4v) is 4.03. The van der Waals surface area contributed by atoms with Gasteiger partial charge in [0, 0.05) is 38.3 Å². The molecule has 140 valence electrons. The predicted octanol–water partition coefficient (Wildman–Crippen LogP) is 2.43. The van der Waals surface area contributed by atoms with Gasteiger partial charge < -0.3 is 14.7 Å². The van der Waals surface area contributed by atoms with E-state index in [1.54, 1.807) is 12.1 Å². The molecule has 1 atom stereocenters. The molecule has 6 heteroatoms. The van der Waals surface area contributed by atoms with Crippen molar-refractivity contribution in [2.75, 3.05) is 33.1 Å². The number of hydrogen-bond donors (Lipinski definition) is 1. The fraction of sp³-hybridized carbons (Fsp3) is 0.400. The number of aliphatic hydroxyl groups excluding tert-OH is 1. The lowest BCUT2D eigenvalue weighted by molar-refractivity contribution is 0.233.